The lowest BCUT2D eigenvalue weighted by Crippen LogP contribution is -2.61. The Bertz CT molecular complexity index is 709. The molecule has 0 aromatic rings. The highest BCUT2D eigenvalue weighted by molar-refractivity contribution is 6.33. The van der Waals surface area contributed by atoms with Crippen LogP contribution in [0.3, 0.4) is 0 Å². The van der Waals surface area contributed by atoms with Gasteiger partial charge in [0.15, 0.2) is 22.8 Å². The summed E-state index contributed by atoms with van der Waals surface area (Å²) < 4.78 is 5.56. The molecule has 0 aromatic heterocycles. The van der Waals surface area contributed by atoms with Crippen molar-refractivity contribution in [3.8, 4) is 0 Å². The number of hydrogen-bond acceptors (Lipinski definition) is 4. The molecule has 0 spiro atoms. The second-order valence-corrected chi connectivity index (χ2v) is 7.27. The van der Waals surface area contributed by atoms with Gasteiger partial charge in [-0.2, -0.15) is 0 Å². The summed E-state index contributed by atoms with van der Waals surface area (Å²) in [6.45, 7) is 14.9. The van der Waals surface area contributed by atoms with E-state index in [1.54, 1.807) is 26.0 Å². The number of rotatable bonds is 7. The Morgan fingerprint density at radius 1 is 1.24 bits per heavy atom. The van der Waals surface area contributed by atoms with Crippen molar-refractivity contribution in [2.75, 3.05) is 7.11 Å². The Labute approximate surface area is 149 Å². The summed E-state index contributed by atoms with van der Waals surface area (Å²) in [7, 11) is 1.46. The van der Waals surface area contributed by atoms with Crippen molar-refractivity contribution < 1.29 is 19.1 Å². The topological polar surface area (TPSA) is 60.4 Å². The van der Waals surface area contributed by atoms with E-state index in [1.165, 1.54) is 7.11 Å². The minimum absolute atomic E-state index is 0.0816. The van der Waals surface area contributed by atoms with E-state index in [-0.39, 0.29) is 24.4 Å². The second-order valence-electron chi connectivity index (χ2n) is 7.27. The normalized spacial score (nSPS) is 29.0. The third-order valence-electron chi connectivity index (χ3n) is 5.25. The highest BCUT2D eigenvalue weighted by atomic mass is 16.5. The highest BCUT2D eigenvalue weighted by Crippen LogP contribution is 2.58. The molecule has 4 heteroatoms. The average molecular weight is 342 g/mol. The van der Waals surface area contributed by atoms with Crippen molar-refractivity contribution in [3.63, 3.8) is 0 Å². The quantitative estimate of drug-likeness (QED) is 0.522. The van der Waals surface area contributed by atoms with Crippen LogP contribution in [-0.2, 0) is 19.1 Å². The van der Waals surface area contributed by atoms with Crippen molar-refractivity contribution in [2.45, 2.75) is 39.5 Å². The number of hydrogen-bond donors (Lipinski definition) is 0. The molecule has 2 rings (SSSR count). The number of ether oxygens (including phenoxy) is 1. The first-order valence-corrected chi connectivity index (χ1v) is 8.53. The molecule has 0 amide bonds. The summed E-state index contributed by atoms with van der Waals surface area (Å²) in [6.07, 6.45) is 4.24. The molecule has 25 heavy (non-hydrogen) atoms. The third kappa shape index (κ3) is 2.46. The van der Waals surface area contributed by atoms with Gasteiger partial charge in [-0.1, -0.05) is 38.2 Å². The van der Waals surface area contributed by atoms with Gasteiger partial charge in [0.25, 0.3) is 0 Å². The van der Waals surface area contributed by atoms with Crippen LogP contribution < -0.4 is 0 Å². The summed E-state index contributed by atoms with van der Waals surface area (Å²) in [5.41, 5.74) is -1.67. The molecule has 0 radical (unpaired) electrons. The molecule has 0 heterocycles. The van der Waals surface area contributed by atoms with Gasteiger partial charge in [0, 0.05) is 11.5 Å². The van der Waals surface area contributed by atoms with Crippen LogP contribution in [0.15, 0.2) is 48.8 Å². The fraction of sp³-hybridized carbons (Fsp3) is 0.476. The SMILES string of the molecule is C=CCC1=C(OC)C2(CC=C)CC(=C)CC(C(=O)C(C)C)(C1=O)C2=O. The Balaban J connectivity index is 2.90. The minimum atomic E-state index is -1.69. The first-order valence-electron chi connectivity index (χ1n) is 8.53. The van der Waals surface area contributed by atoms with Crippen molar-refractivity contribution in [1.29, 1.82) is 0 Å². The van der Waals surface area contributed by atoms with Gasteiger partial charge in [-0.3, -0.25) is 14.4 Å². The van der Waals surface area contributed by atoms with Gasteiger partial charge in [0.2, 0.25) is 0 Å². The zero-order valence-electron chi connectivity index (χ0n) is 15.3. The average Bonchev–Trinajstić information content (AvgIpc) is 2.55. The number of methoxy groups -OCH3 is 1. The second kappa shape index (κ2) is 6.58. The Kier molecular flexibility index (Phi) is 5.03. The van der Waals surface area contributed by atoms with Crippen molar-refractivity contribution in [1.82, 2.24) is 0 Å². The summed E-state index contributed by atoms with van der Waals surface area (Å²) in [4.78, 5) is 40.1. The van der Waals surface area contributed by atoms with Gasteiger partial charge in [0.1, 0.15) is 5.76 Å². The van der Waals surface area contributed by atoms with Gasteiger partial charge < -0.3 is 4.74 Å². The van der Waals surface area contributed by atoms with Crippen LogP contribution in [0.25, 0.3) is 0 Å². The lowest BCUT2D eigenvalue weighted by Gasteiger charge is -2.50. The van der Waals surface area contributed by atoms with Crippen LogP contribution in [0.1, 0.15) is 39.5 Å². The standard InChI is InChI=1S/C21H26O4/c1-7-9-15-17(23)21(16(22)13(3)4)12-14(5)11-20(10-8-2,19(21)24)18(15)25-6/h7-8,13H,1-2,5,9-12H2,3-4,6H3. The van der Waals surface area contributed by atoms with Crippen LogP contribution in [-0.4, -0.2) is 24.5 Å². The first kappa shape index (κ1) is 19.1. The molecule has 0 aromatic carbocycles. The van der Waals surface area contributed by atoms with Crippen molar-refractivity contribution >= 4 is 17.3 Å². The molecule has 2 aliphatic carbocycles. The van der Waals surface area contributed by atoms with E-state index in [4.69, 9.17) is 4.74 Å². The number of fused-ring (bicyclic) bond motifs is 2. The van der Waals surface area contributed by atoms with Crippen LogP contribution in [0, 0.1) is 16.7 Å². The molecule has 0 aliphatic heterocycles. The van der Waals surface area contributed by atoms with E-state index >= 15 is 0 Å². The van der Waals surface area contributed by atoms with E-state index in [9.17, 15) is 14.4 Å². The summed E-state index contributed by atoms with van der Waals surface area (Å²) in [5, 5.41) is 0. The molecule has 0 saturated heterocycles. The zero-order chi connectivity index (χ0) is 19.0. The molecule has 4 nitrogen and oxygen atoms in total. The largest absolute Gasteiger partial charge is 0.500 e. The molecule has 0 N–H and O–H groups in total. The maximum atomic E-state index is 13.6. The fourth-order valence-corrected chi connectivity index (χ4v) is 4.41. The van der Waals surface area contributed by atoms with E-state index in [2.05, 4.69) is 19.7 Å². The maximum Gasteiger partial charge on any atom is 0.183 e. The smallest absolute Gasteiger partial charge is 0.183 e. The summed E-state index contributed by atoms with van der Waals surface area (Å²) in [5.74, 6) is -1.24. The lowest BCUT2D eigenvalue weighted by molar-refractivity contribution is -0.158. The Hall–Kier alpha value is -2.23. The molecule has 134 valence electrons. The molecule has 1 fully saturated rings. The minimum Gasteiger partial charge on any atom is -0.500 e. The van der Waals surface area contributed by atoms with Crippen LogP contribution in [0.4, 0.5) is 0 Å². The Morgan fingerprint density at radius 3 is 2.36 bits per heavy atom. The van der Waals surface area contributed by atoms with E-state index < -0.39 is 22.5 Å². The molecule has 2 bridgehead atoms. The fourth-order valence-electron chi connectivity index (χ4n) is 4.41. The van der Waals surface area contributed by atoms with Gasteiger partial charge in [-0.15, -0.1) is 13.2 Å². The number of ketones is 3. The predicted molar refractivity (Wildman–Crippen MR) is 96.8 cm³/mol. The third-order valence-corrected chi connectivity index (χ3v) is 5.25. The van der Waals surface area contributed by atoms with Crippen LogP contribution in [0.5, 0.6) is 0 Å². The molecule has 2 aliphatic rings. The molecular formula is C21H26O4. The number of carbonyl (C=O) groups is 3. The first-order chi connectivity index (χ1) is 11.7. The van der Waals surface area contributed by atoms with Gasteiger partial charge in [0.05, 0.1) is 12.5 Å². The van der Waals surface area contributed by atoms with Gasteiger partial charge >= 0.3 is 0 Å². The van der Waals surface area contributed by atoms with E-state index in [0.29, 0.717) is 24.2 Å². The zero-order valence-corrected chi connectivity index (χ0v) is 15.3. The maximum absolute atomic E-state index is 13.6. The van der Waals surface area contributed by atoms with Crippen LogP contribution in [0.2, 0.25) is 0 Å². The summed E-state index contributed by atoms with van der Waals surface area (Å²) in [6, 6.07) is 0. The van der Waals surface area contributed by atoms with Gasteiger partial charge in [-0.05, 0) is 25.7 Å². The summed E-state index contributed by atoms with van der Waals surface area (Å²) >= 11 is 0. The monoisotopic (exact) mass is 342 g/mol. The number of allylic oxidation sites excluding steroid dienone is 5. The van der Waals surface area contributed by atoms with E-state index in [0.717, 1.165) is 5.57 Å². The molecule has 2 atom stereocenters. The lowest BCUT2D eigenvalue weighted by atomic mass is 9.49. The van der Waals surface area contributed by atoms with Crippen LogP contribution >= 0.6 is 0 Å². The van der Waals surface area contributed by atoms with Crippen molar-refractivity contribution in [3.05, 3.63) is 48.8 Å². The number of Topliss-reactive ketones (excluding diaryl/α,β-unsaturated/α-hetero) is 3. The highest BCUT2D eigenvalue weighted by Gasteiger charge is 2.67. The molecule has 2 unspecified atom stereocenters. The Morgan fingerprint density at radius 2 is 1.88 bits per heavy atom. The van der Waals surface area contributed by atoms with Crippen molar-refractivity contribution in [2.24, 2.45) is 16.7 Å². The molecular weight excluding hydrogens is 316 g/mol. The number of carbonyl (C=O) groups excluding carboxylic acids is 3. The molecule has 1 saturated carbocycles. The van der Waals surface area contributed by atoms with Gasteiger partial charge in [-0.25, -0.2) is 0 Å². The van der Waals surface area contributed by atoms with E-state index in [1.807, 2.05) is 0 Å². The predicted octanol–water partition coefficient (Wildman–Crippen LogP) is 3.74.